The van der Waals surface area contributed by atoms with Crippen molar-refractivity contribution in [2.45, 2.75) is 63.7 Å². The van der Waals surface area contributed by atoms with Gasteiger partial charge in [-0.3, -0.25) is 4.79 Å². The molecule has 0 saturated heterocycles. The van der Waals surface area contributed by atoms with Crippen LogP contribution in [0.3, 0.4) is 0 Å². The highest BCUT2D eigenvalue weighted by Crippen LogP contribution is 2.30. The van der Waals surface area contributed by atoms with Crippen LogP contribution in [0.4, 0.5) is 0 Å². The molecule has 13 heteroatoms. The molecule has 0 saturated carbocycles. The van der Waals surface area contributed by atoms with Gasteiger partial charge in [-0.1, -0.05) is 44.5 Å². The zero-order valence-corrected chi connectivity index (χ0v) is 29.8. The average molecular weight is 715 g/mol. The lowest BCUT2D eigenvalue weighted by molar-refractivity contribution is -0.152. The number of thiazole rings is 1. The average Bonchev–Trinajstić information content (AvgIpc) is 3.54. The minimum atomic E-state index is -3.44. The van der Waals surface area contributed by atoms with Crippen LogP contribution in [-0.2, 0) is 37.8 Å². The van der Waals surface area contributed by atoms with Crippen molar-refractivity contribution in [3.05, 3.63) is 99.0 Å². The Morgan fingerprint density at radius 2 is 1.71 bits per heavy atom. The van der Waals surface area contributed by atoms with Gasteiger partial charge in [0.1, 0.15) is 17.4 Å². The maximum absolute atomic E-state index is 13.3. The number of benzene rings is 3. The van der Waals surface area contributed by atoms with E-state index in [2.05, 4.69) is 31.1 Å². The maximum Gasteiger partial charge on any atom is 0.369 e. The van der Waals surface area contributed by atoms with E-state index < -0.39 is 27.9 Å². The molecule has 1 N–H and O–H groups in total. The van der Waals surface area contributed by atoms with Crippen LogP contribution in [0.1, 0.15) is 60.7 Å². The van der Waals surface area contributed by atoms with E-state index in [1.807, 2.05) is 5.38 Å². The van der Waals surface area contributed by atoms with Gasteiger partial charge in [-0.05, 0) is 79.9 Å². The molecule has 0 radical (unpaired) electrons. The number of rotatable bonds is 15. The van der Waals surface area contributed by atoms with Gasteiger partial charge in [0.25, 0.3) is 12.1 Å². The monoisotopic (exact) mass is 714 g/mol. The summed E-state index contributed by atoms with van der Waals surface area (Å²) in [5.74, 6) is -0.315. The molecule has 3 aromatic carbocycles. The molecule has 48 heavy (non-hydrogen) atoms. The van der Waals surface area contributed by atoms with Crippen molar-refractivity contribution in [2.75, 3.05) is 19.5 Å². The summed E-state index contributed by atoms with van der Waals surface area (Å²) in [6, 6.07) is 17.6. The topological polar surface area (TPSA) is 130 Å². The summed E-state index contributed by atoms with van der Waals surface area (Å²) < 4.78 is 47.7. The third-order valence-electron chi connectivity index (χ3n) is 7.09. The van der Waals surface area contributed by atoms with Gasteiger partial charge in [-0.25, -0.2) is 18.2 Å². The van der Waals surface area contributed by atoms with Crippen LogP contribution in [-0.4, -0.2) is 51.0 Å². The smallest absolute Gasteiger partial charge is 0.369 e. The van der Waals surface area contributed by atoms with Gasteiger partial charge < -0.3 is 24.3 Å². The van der Waals surface area contributed by atoms with Crippen molar-refractivity contribution in [3.8, 4) is 17.2 Å². The van der Waals surface area contributed by atoms with Gasteiger partial charge >= 0.3 is 5.97 Å². The van der Waals surface area contributed by atoms with Crippen LogP contribution in [0.15, 0.2) is 77.0 Å². The fraction of sp³-hybridized carbons (Fsp3) is 0.343. The normalized spacial score (nSPS) is 12.2. The molecular formula is C35H39ClN2O8S2. The highest BCUT2D eigenvalue weighted by molar-refractivity contribution is 7.91. The van der Waals surface area contributed by atoms with E-state index in [4.69, 9.17) is 30.5 Å². The quantitative estimate of drug-likeness (QED) is 0.105. The number of esters is 1. The largest absolute Gasteiger partial charge is 0.493 e. The van der Waals surface area contributed by atoms with Crippen LogP contribution in [0.2, 0.25) is 5.02 Å². The van der Waals surface area contributed by atoms with E-state index in [0.29, 0.717) is 35.1 Å². The van der Waals surface area contributed by atoms with E-state index in [-0.39, 0.29) is 34.8 Å². The number of nitrogens with zero attached hydrogens (tertiary/aromatic N) is 1. The Morgan fingerprint density at radius 3 is 2.33 bits per heavy atom. The Morgan fingerprint density at radius 1 is 1.00 bits per heavy atom. The van der Waals surface area contributed by atoms with Crippen molar-refractivity contribution < 1.29 is 37.0 Å². The van der Waals surface area contributed by atoms with Gasteiger partial charge in [-0.2, -0.15) is 0 Å². The fourth-order valence-corrected chi connectivity index (χ4v) is 6.81. The van der Waals surface area contributed by atoms with Gasteiger partial charge in [0.2, 0.25) is 0 Å². The van der Waals surface area contributed by atoms with Crippen molar-refractivity contribution in [1.82, 2.24) is 10.3 Å². The second kappa shape index (κ2) is 16.3. The summed E-state index contributed by atoms with van der Waals surface area (Å²) in [6.45, 7) is 8.18. The van der Waals surface area contributed by atoms with E-state index in [1.54, 1.807) is 55.5 Å². The number of carbonyl (C=O) groups excluding carboxylic acids is 2. The van der Waals surface area contributed by atoms with Gasteiger partial charge in [0, 0.05) is 21.4 Å². The third-order valence-corrected chi connectivity index (χ3v) is 9.98. The molecule has 0 fully saturated rings. The van der Waals surface area contributed by atoms with Crippen molar-refractivity contribution in [1.29, 1.82) is 0 Å². The number of hydrogen-bond donors (Lipinski definition) is 1. The number of sulfone groups is 1. The summed E-state index contributed by atoms with van der Waals surface area (Å²) in [6.07, 6.45) is -0.527. The minimum absolute atomic E-state index is 0.0228. The molecule has 0 aliphatic carbocycles. The molecule has 4 rings (SSSR count). The van der Waals surface area contributed by atoms with Crippen LogP contribution in [0, 0.1) is 0 Å². The molecule has 0 aliphatic heterocycles. The minimum Gasteiger partial charge on any atom is -0.493 e. The first-order chi connectivity index (χ1) is 22.8. The number of aromatic nitrogens is 1. The van der Waals surface area contributed by atoms with Crippen LogP contribution in [0.5, 0.6) is 17.2 Å². The second-order valence-electron chi connectivity index (χ2n) is 11.8. The number of carbonyl (C=O) groups is 2. The van der Waals surface area contributed by atoms with Crippen LogP contribution in [0.25, 0.3) is 0 Å². The molecule has 0 bridgehead atoms. The molecule has 1 atom stereocenters. The predicted molar refractivity (Wildman–Crippen MR) is 185 cm³/mol. The van der Waals surface area contributed by atoms with E-state index in [9.17, 15) is 18.0 Å². The number of hydrogen-bond acceptors (Lipinski definition) is 10. The van der Waals surface area contributed by atoms with Crippen molar-refractivity contribution >= 4 is 44.7 Å². The Labute approximate surface area is 290 Å². The molecular weight excluding hydrogens is 676 g/mol. The van der Waals surface area contributed by atoms with E-state index >= 15 is 0 Å². The summed E-state index contributed by atoms with van der Waals surface area (Å²) in [4.78, 5) is 31.0. The lowest BCUT2D eigenvalue weighted by atomic mass is 9.93. The molecule has 4 aromatic rings. The summed E-state index contributed by atoms with van der Waals surface area (Å²) >= 11 is 7.36. The van der Waals surface area contributed by atoms with Gasteiger partial charge in [0.05, 0.1) is 30.1 Å². The number of ether oxygens (including phenoxy) is 4. The lowest BCUT2D eigenvalue weighted by Crippen LogP contribution is -2.46. The molecule has 1 heterocycles. The second-order valence-corrected chi connectivity index (χ2v) is 15.3. The highest BCUT2D eigenvalue weighted by atomic mass is 35.5. The van der Waals surface area contributed by atoms with Crippen molar-refractivity contribution in [2.24, 2.45) is 0 Å². The van der Waals surface area contributed by atoms with Crippen LogP contribution < -0.4 is 19.5 Å². The maximum atomic E-state index is 13.3. The molecule has 10 nitrogen and oxygen atoms in total. The van der Waals surface area contributed by atoms with Gasteiger partial charge in [-0.15, -0.1) is 11.3 Å². The van der Waals surface area contributed by atoms with Gasteiger partial charge in [0.15, 0.2) is 21.3 Å². The zero-order chi connectivity index (χ0) is 34.9. The molecule has 0 spiro atoms. The zero-order valence-electron chi connectivity index (χ0n) is 27.4. The SMILES string of the molecule is CCOC(=O)C(NC(=O)c1ccc(OC)c(OCc2nc(C(C)(C)C)cs2)c1)Oc1ccc(CCCS(=O)(=O)c2ccc(Cl)cc2)cc1. The molecule has 1 unspecified atom stereocenters. The number of halogens is 1. The fourth-order valence-electron chi connectivity index (χ4n) is 4.45. The number of amides is 1. The number of methoxy groups -OCH3 is 1. The predicted octanol–water partition coefficient (Wildman–Crippen LogP) is 6.79. The Bertz CT molecular complexity index is 1800. The Hall–Kier alpha value is -4.13. The van der Waals surface area contributed by atoms with Crippen LogP contribution >= 0.6 is 22.9 Å². The molecule has 1 aromatic heterocycles. The van der Waals surface area contributed by atoms with E-state index in [0.717, 1.165) is 16.3 Å². The first-order valence-corrected chi connectivity index (χ1v) is 18.2. The number of aryl methyl sites for hydroxylation is 1. The van der Waals surface area contributed by atoms with Crippen molar-refractivity contribution in [3.63, 3.8) is 0 Å². The Balaban J connectivity index is 1.39. The van der Waals surface area contributed by atoms with E-state index in [1.165, 1.54) is 36.6 Å². The first-order valence-electron chi connectivity index (χ1n) is 15.3. The first kappa shape index (κ1) is 36.7. The summed E-state index contributed by atoms with van der Waals surface area (Å²) in [5.41, 5.74) is 1.96. The third kappa shape index (κ3) is 10.2. The lowest BCUT2D eigenvalue weighted by Gasteiger charge is -2.19. The summed E-state index contributed by atoms with van der Waals surface area (Å²) in [7, 11) is -1.94. The molecule has 256 valence electrons. The highest BCUT2D eigenvalue weighted by Gasteiger charge is 2.26. The Kier molecular flexibility index (Phi) is 12.5. The number of nitrogens with one attached hydrogen (secondary N) is 1. The molecule has 1 amide bonds. The standard InChI is InChI=1S/C35H39ClN2O8S2/c1-6-44-34(40)33(46-26-14-9-23(10-15-26)8-7-19-48(41,42)27-16-12-25(36)13-17-27)38-32(39)24-11-18-28(43-5)29(20-24)45-21-31-37-30(22-47-31)35(2,3)4/h9-18,20,22,33H,6-8,19,21H2,1-5H3,(H,38,39). The summed E-state index contributed by atoms with van der Waals surface area (Å²) in [5, 5.41) is 5.84. The molecule has 0 aliphatic rings.